The van der Waals surface area contributed by atoms with Crippen molar-refractivity contribution in [2.24, 2.45) is 5.92 Å². The van der Waals surface area contributed by atoms with Crippen LogP contribution in [0.3, 0.4) is 0 Å². The maximum Gasteiger partial charge on any atom is 0.165 e. The largest absolute Gasteiger partial charge is 0.354 e. The number of nitrogens with zero attached hydrogens (tertiary/aromatic N) is 4. The maximum atomic E-state index is 4.97. The second-order valence-corrected chi connectivity index (χ2v) is 7.15. The van der Waals surface area contributed by atoms with E-state index in [0.717, 1.165) is 49.1 Å². The van der Waals surface area contributed by atoms with Crippen LogP contribution in [0.2, 0.25) is 0 Å². The minimum Gasteiger partial charge on any atom is -0.354 e. The van der Waals surface area contributed by atoms with Crippen molar-refractivity contribution in [3.63, 3.8) is 0 Å². The first kappa shape index (κ1) is 14.9. The molecule has 5 nitrogen and oxygen atoms in total. The average molecular weight is 333 g/mol. The van der Waals surface area contributed by atoms with E-state index in [1.54, 1.807) is 0 Å². The Hall–Kier alpha value is -2.40. The van der Waals surface area contributed by atoms with Crippen molar-refractivity contribution in [1.29, 1.82) is 0 Å². The van der Waals surface area contributed by atoms with Crippen molar-refractivity contribution >= 4 is 11.5 Å². The molecule has 0 bridgehead atoms. The van der Waals surface area contributed by atoms with Gasteiger partial charge in [-0.05, 0) is 42.4 Å². The predicted molar refractivity (Wildman–Crippen MR) is 99.9 cm³/mol. The van der Waals surface area contributed by atoms with Gasteiger partial charge >= 0.3 is 0 Å². The molecule has 0 amide bonds. The van der Waals surface area contributed by atoms with E-state index in [1.807, 2.05) is 16.9 Å². The molecule has 5 rings (SSSR count). The van der Waals surface area contributed by atoms with Crippen LogP contribution in [-0.2, 0) is 6.42 Å². The molecular formula is C20H23N5. The van der Waals surface area contributed by atoms with Crippen molar-refractivity contribution in [3.05, 3.63) is 48.3 Å². The molecule has 3 heterocycles. The summed E-state index contributed by atoms with van der Waals surface area (Å²) in [6.45, 7) is 4.04. The summed E-state index contributed by atoms with van der Waals surface area (Å²) in [7, 11) is 0. The molecule has 1 saturated carbocycles. The molecule has 2 fully saturated rings. The highest BCUT2D eigenvalue weighted by atomic mass is 15.3. The smallest absolute Gasteiger partial charge is 0.165 e. The molecule has 0 unspecified atom stereocenters. The molecular weight excluding hydrogens is 310 g/mol. The lowest BCUT2D eigenvalue weighted by Gasteiger charge is -2.28. The highest BCUT2D eigenvalue weighted by molar-refractivity contribution is 5.80. The van der Waals surface area contributed by atoms with Gasteiger partial charge < -0.3 is 10.2 Å². The van der Waals surface area contributed by atoms with Crippen LogP contribution in [0.5, 0.6) is 0 Å². The Morgan fingerprint density at radius 3 is 2.72 bits per heavy atom. The van der Waals surface area contributed by atoms with Gasteiger partial charge in [0.2, 0.25) is 0 Å². The summed E-state index contributed by atoms with van der Waals surface area (Å²) >= 11 is 0. The highest BCUT2D eigenvalue weighted by Gasteiger charge is 2.23. The van der Waals surface area contributed by atoms with Gasteiger partial charge in [-0.2, -0.15) is 5.10 Å². The molecule has 1 saturated heterocycles. The van der Waals surface area contributed by atoms with E-state index in [4.69, 9.17) is 4.98 Å². The minimum absolute atomic E-state index is 0.868. The summed E-state index contributed by atoms with van der Waals surface area (Å²) < 4.78 is 1.90. The molecule has 0 atom stereocenters. The van der Waals surface area contributed by atoms with Gasteiger partial charge in [0.25, 0.3) is 0 Å². The Morgan fingerprint density at radius 1 is 1.04 bits per heavy atom. The fourth-order valence-electron chi connectivity index (χ4n) is 3.71. The summed E-state index contributed by atoms with van der Waals surface area (Å²) in [4.78, 5) is 7.32. The van der Waals surface area contributed by atoms with Crippen molar-refractivity contribution < 1.29 is 0 Å². The van der Waals surface area contributed by atoms with Gasteiger partial charge in [0, 0.05) is 37.9 Å². The third-order valence-corrected chi connectivity index (χ3v) is 5.31. The lowest BCUT2D eigenvalue weighted by Crippen LogP contribution is -2.43. The van der Waals surface area contributed by atoms with Crippen LogP contribution in [0.4, 0.5) is 5.82 Å². The van der Waals surface area contributed by atoms with Crippen molar-refractivity contribution in [2.45, 2.75) is 19.3 Å². The zero-order valence-electron chi connectivity index (χ0n) is 14.4. The first-order valence-electron chi connectivity index (χ1n) is 9.27. The molecule has 1 aliphatic carbocycles. The number of anilines is 1. The highest BCUT2D eigenvalue weighted by Crippen LogP contribution is 2.36. The summed E-state index contributed by atoms with van der Waals surface area (Å²) in [6.07, 6.45) is 7.91. The third kappa shape index (κ3) is 2.89. The van der Waals surface area contributed by atoms with Gasteiger partial charge in [-0.25, -0.2) is 9.50 Å². The summed E-state index contributed by atoms with van der Waals surface area (Å²) in [5, 5.41) is 7.94. The SMILES string of the molecule is c1ccc(-c2cnn3ccc(N4CCNCC4)nc23)c(CC2CC2)c1. The van der Waals surface area contributed by atoms with E-state index in [-0.39, 0.29) is 0 Å². The summed E-state index contributed by atoms with van der Waals surface area (Å²) in [6, 6.07) is 10.8. The van der Waals surface area contributed by atoms with Crippen LogP contribution in [-0.4, -0.2) is 40.8 Å². The van der Waals surface area contributed by atoms with E-state index >= 15 is 0 Å². The molecule has 2 aromatic heterocycles. The van der Waals surface area contributed by atoms with E-state index in [0.29, 0.717) is 0 Å². The fraction of sp³-hybridized carbons (Fsp3) is 0.400. The van der Waals surface area contributed by atoms with E-state index in [2.05, 4.69) is 45.6 Å². The Labute approximate surface area is 147 Å². The third-order valence-electron chi connectivity index (χ3n) is 5.31. The second-order valence-electron chi connectivity index (χ2n) is 7.15. The number of rotatable bonds is 4. The minimum atomic E-state index is 0.868. The predicted octanol–water partition coefficient (Wildman–Crippen LogP) is 2.76. The zero-order valence-corrected chi connectivity index (χ0v) is 14.4. The molecule has 1 aliphatic heterocycles. The van der Waals surface area contributed by atoms with Crippen LogP contribution < -0.4 is 10.2 Å². The molecule has 128 valence electrons. The number of hydrogen-bond donors (Lipinski definition) is 1. The van der Waals surface area contributed by atoms with Gasteiger partial charge in [-0.1, -0.05) is 24.3 Å². The summed E-state index contributed by atoms with van der Waals surface area (Å²) in [5.41, 5.74) is 4.82. The second kappa shape index (κ2) is 6.15. The van der Waals surface area contributed by atoms with Gasteiger partial charge in [0.05, 0.1) is 6.20 Å². The van der Waals surface area contributed by atoms with Gasteiger partial charge in [0.15, 0.2) is 5.65 Å². The van der Waals surface area contributed by atoms with Gasteiger partial charge in [-0.3, -0.25) is 0 Å². The van der Waals surface area contributed by atoms with Crippen molar-refractivity contribution in [2.75, 3.05) is 31.1 Å². The molecule has 1 aromatic carbocycles. The first-order valence-corrected chi connectivity index (χ1v) is 9.27. The topological polar surface area (TPSA) is 45.5 Å². The number of piperazine rings is 1. The van der Waals surface area contributed by atoms with Crippen LogP contribution in [0.25, 0.3) is 16.8 Å². The molecule has 0 spiro atoms. The quantitative estimate of drug-likeness (QED) is 0.797. The van der Waals surface area contributed by atoms with Gasteiger partial charge in [-0.15, -0.1) is 0 Å². The molecule has 3 aromatic rings. The number of hydrogen-bond acceptors (Lipinski definition) is 4. The molecule has 1 N–H and O–H groups in total. The van der Waals surface area contributed by atoms with Crippen molar-refractivity contribution in [1.82, 2.24) is 19.9 Å². The number of benzene rings is 1. The Morgan fingerprint density at radius 2 is 1.88 bits per heavy atom. The lowest BCUT2D eigenvalue weighted by atomic mass is 9.98. The van der Waals surface area contributed by atoms with Crippen LogP contribution in [0.15, 0.2) is 42.7 Å². The molecule has 5 heteroatoms. The Balaban J connectivity index is 1.57. The monoisotopic (exact) mass is 333 g/mol. The van der Waals surface area contributed by atoms with Crippen LogP contribution in [0.1, 0.15) is 18.4 Å². The fourth-order valence-corrected chi connectivity index (χ4v) is 3.71. The normalized spacial score (nSPS) is 18.0. The van der Waals surface area contributed by atoms with Crippen LogP contribution in [0, 0.1) is 5.92 Å². The van der Waals surface area contributed by atoms with Crippen molar-refractivity contribution in [3.8, 4) is 11.1 Å². The number of nitrogens with one attached hydrogen (secondary N) is 1. The van der Waals surface area contributed by atoms with E-state index in [1.165, 1.54) is 30.4 Å². The first-order chi connectivity index (χ1) is 12.4. The van der Waals surface area contributed by atoms with Gasteiger partial charge in [0.1, 0.15) is 5.82 Å². The molecule has 2 aliphatic rings. The van der Waals surface area contributed by atoms with E-state index < -0.39 is 0 Å². The average Bonchev–Trinajstić information content (AvgIpc) is 3.39. The lowest BCUT2D eigenvalue weighted by molar-refractivity contribution is 0.585. The number of fused-ring (bicyclic) bond motifs is 1. The van der Waals surface area contributed by atoms with Crippen LogP contribution >= 0.6 is 0 Å². The summed E-state index contributed by atoms with van der Waals surface area (Å²) in [5.74, 6) is 1.92. The molecule has 0 radical (unpaired) electrons. The van der Waals surface area contributed by atoms with E-state index in [9.17, 15) is 0 Å². The zero-order chi connectivity index (χ0) is 16.6. The molecule has 25 heavy (non-hydrogen) atoms. The maximum absolute atomic E-state index is 4.97. The standard InChI is InChI=1S/C20H23N5/c1-2-4-17(16(3-1)13-15-5-6-15)18-14-22-25-10-7-19(23-20(18)25)24-11-8-21-9-12-24/h1-4,7,10,14-15,21H,5-6,8-9,11-13H2. The number of aromatic nitrogens is 3. The Bertz CT molecular complexity index is 890. The Kier molecular flexibility index (Phi) is 3.67.